The largest absolute Gasteiger partial charge is 0.416 e. The topological polar surface area (TPSA) is 78.1 Å². The van der Waals surface area contributed by atoms with E-state index in [1.165, 1.54) is 24.3 Å². The van der Waals surface area contributed by atoms with Gasteiger partial charge in [0.25, 0.3) is 0 Å². The van der Waals surface area contributed by atoms with Gasteiger partial charge in [0.2, 0.25) is 11.8 Å². The number of nitrogens with zero attached hydrogens (tertiary/aromatic N) is 2. The highest BCUT2D eigenvalue weighted by atomic mass is 19.4. The molecule has 1 aliphatic heterocycles. The van der Waals surface area contributed by atoms with Crippen LogP contribution >= 0.6 is 0 Å². The molecule has 0 atom stereocenters. The van der Waals surface area contributed by atoms with Crippen molar-refractivity contribution in [1.29, 1.82) is 0 Å². The van der Waals surface area contributed by atoms with E-state index in [0.717, 1.165) is 23.5 Å². The summed E-state index contributed by atoms with van der Waals surface area (Å²) in [5.41, 5.74) is 1.54. The summed E-state index contributed by atoms with van der Waals surface area (Å²) < 4.78 is 37.5. The first kappa shape index (κ1) is 18.7. The number of benzene rings is 1. The molecule has 6 nitrogen and oxygen atoms in total. The van der Waals surface area contributed by atoms with Crippen molar-refractivity contribution in [3.8, 4) is 0 Å². The highest BCUT2D eigenvalue weighted by molar-refractivity contribution is 5.94. The second-order valence-electron chi connectivity index (χ2n) is 6.06. The molecule has 2 amide bonds. The first-order valence-corrected chi connectivity index (χ1v) is 8.25. The molecule has 142 valence electrons. The first-order valence-electron chi connectivity index (χ1n) is 8.25. The Labute approximate surface area is 153 Å². The number of hydrogen-bond donors (Lipinski definition) is 2. The van der Waals surface area contributed by atoms with Gasteiger partial charge in [-0.05, 0) is 23.8 Å². The van der Waals surface area contributed by atoms with Crippen LogP contribution in [-0.2, 0) is 28.7 Å². The van der Waals surface area contributed by atoms with Crippen molar-refractivity contribution in [3.63, 3.8) is 0 Å². The second-order valence-corrected chi connectivity index (χ2v) is 6.06. The Morgan fingerprint density at radius 2 is 2.00 bits per heavy atom. The highest BCUT2D eigenvalue weighted by Gasteiger charge is 2.29. The maximum absolute atomic E-state index is 12.5. The van der Waals surface area contributed by atoms with E-state index in [2.05, 4.69) is 15.3 Å². The maximum Gasteiger partial charge on any atom is 0.416 e. The molecule has 2 aromatic rings. The molecule has 0 spiro atoms. The molecule has 2 heterocycles. The smallest absolute Gasteiger partial charge is 0.347 e. The molecule has 1 aromatic carbocycles. The lowest BCUT2D eigenvalue weighted by atomic mass is 10.1. The molecule has 9 heteroatoms. The maximum atomic E-state index is 12.5. The van der Waals surface area contributed by atoms with Crippen LogP contribution in [0.15, 0.2) is 36.7 Å². The Kier molecular flexibility index (Phi) is 5.29. The van der Waals surface area contributed by atoms with E-state index in [1.807, 2.05) is 0 Å². The lowest BCUT2D eigenvalue weighted by Gasteiger charge is -2.26. The summed E-state index contributed by atoms with van der Waals surface area (Å²) in [4.78, 5) is 32.8. The number of H-pyrrole nitrogens is 1. The van der Waals surface area contributed by atoms with E-state index < -0.39 is 17.6 Å². The van der Waals surface area contributed by atoms with Gasteiger partial charge in [0, 0.05) is 19.0 Å². The number of hydrogen-bond acceptors (Lipinski definition) is 3. The number of fused-ring (bicyclic) bond motifs is 1. The van der Waals surface area contributed by atoms with Crippen LogP contribution < -0.4 is 5.32 Å². The van der Waals surface area contributed by atoms with Crippen molar-refractivity contribution in [2.45, 2.75) is 19.1 Å². The predicted molar refractivity (Wildman–Crippen MR) is 91.2 cm³/mol. The molecule has 0 radical (unpaired) electrons. The molecule has 0 fully saturated rings. The van der Waals surface area contributed by atoms with E-state index in [9.17, 15) is 22.8 Å². The average Bonchev–Trinajstić information content (AvgIpc) is 3.11. The van der Waals surface area contributed by atoms with Crippen LogP contribution in [0.5, 0.6) is 0 Å². The Balaban J connectivity index is 1.48. The van der Waals surface area contributed by atoms with Crippen LogP contribution in [-0.4, -0.2) is 39.8 Å². The van der Waals surface area contributed by atoms with E-state index in [0.29, 0.717) is 25.1 Å². The van der Waals surface area contributed by atoms with Crippen molar-refractivity contribution in [1.82, 2.24) is 20.2 Å². The molecular weight excluding hydrogens is 361 g/mol. The minimum absolute atomic E-state index is 0.153. The van der Waals surface area contributed by atoms with Crippen molar-refractivity contribution in [2.24, 2.45) is 0 Å². The number of aromatic amines is 1. The minimum atomic E-state index is -4.40. The summed E-state index contributed by atoms with van der Waals surface area (Å²) in [5.74, 6) is -0.714. The summed E-state index contributed by atoms with van der Waals surface area (Å²) >= 11 is 0. The standard InChI is InChI=1S/C18H17F3N4O2/c19-18(20,21)13-4-1-12(2-5-13)3-6-16(26)22-9-17(27)25-8-7-14-15(10-25)24-11-23-14/h1-6,11H,7-10H2,(H,22,26)(H,23,24)/b6-3+. The fourth-order valence-corrected chi connectivity index (χ4v) is 2.71. The fourth-order valence-electron chi connectivity index (χ4n) is 2.71. The fraction of sp³-hybridized carbons (Fsp3) is 0.278. The van der Waals surface area contributed by atoms with Crippen LogP contribution in [0.25, 0.3) is 6.08 Å². The van der Waals surface area contributed by atoms with Gasteiger partial charge in [0.15, 0.2) is 0 Å². The summed E-state index contributed by atoms with van der Waals surface area (Å²) in [5, 5.41) is 2.48. The zero-order chi connectivity index (χ0) is 19.4. The van der Waals surface area contributed by atoms with Gasteiger partial charge < -0.3 is 15.2 Å². The molecule has 27 heavy (non-hydrogen) atoms. The summed E-state index contributed by atoms with van der Waals surface area (Å²) in [6.07, 6.45) is 0.418. The van der Waals surface area contributed by atoms with E-state index in [1.54, 1.807) is 11.2 Å². The van der Waals surface area contributed by atoms with Crippen LogP contribution in [0.1, 0.15) is 22.5 Å². The van der Waals surface area contributed by atoms with Crippen molar-refractivity contribution >= 4 is 17.9 Å². The number of imidazole rings is 1. The number of halogens is 3. The number of rotatable bonds is 4. The molecule has 0 aliphatic carbocycles. The van der Waals surface area contributed by atoms with Gasteiger partial charge in [-0.25, -0.2) is 4.98 Å². The Hall–Kier alpha value is -3.10. The predicted octanol–water partition coefficient (Wildman–Crippen LogP) is 2.14. The number of amides is 2. The molecule has 0 unspecified atom stereocenters. The normalized spacial score (nSPS) is 14.3. The number of nitrogens with one attached hydrogen (secondary N) is 2. The van der Waals surface area contributed by atoms with Gasteiger partial charge in [-0.3, -0.25) is 9.59 Å². The van der Waals surface area contributed by atoms with Gasteiger partial charge in [0.05, 0.1) is 36.4 Å². The van der Waals surface area contributed by atoms with Crippen LogP contribution in [0.2, 0.25) is 0 Å². The lowest BCUT2D eigenvalue weighted by Crippen LogP contribution is -2.42. The van der Waals surface area contributed by atoms with Crippen LogP contribution in [0.3, 0.4) is 0 Å². The number of aromatic nitrogens is 2. The molecule has 3 rings (SSSR count). The quantitative estimate of drug-likeness (QED) is 0.801. The molecule has 1 aliphatic rings. The third-order valence-corrected chi connectivity index (χ3v) is 4.21. The summed E-state index contributed by atoms with van der Waals surface area (Å²) in [7, 11) is 0. The number of carbonyl (C=O) groups is 2. The lowest BCUT2D eigenvalue weighted by molar-refractivity contribution is -0.137. The molecule has 0 bridgehead atoms. The monoisotopic (exact) mass is 378 g/mol. The number of carbonyl (C=O) groups excluding carboxylic acids is 2. The van der Waals surface area contributed by atoms with Gasteiger partial charge in [0.1, 0.15) is 0 Å². The zero-order valence-electron chi connectivity index (χ0n) is 14.2. The number of alkyl halides is 3. The van der Waals surface area contributed by atoms with Crippen molar-refractivity contribution in [2.75, 3.05) is 13.1 Å². The molecule has 1 aromatic heterocycles. The van der Waals surface area contributed by atoms with Crippen LogP contribution in [0, 0.1) is 0 Å². The highest BCUT2D eigenvalue weighted by Crippen LogP contribution is 2.29. The average molecular weight is 378 g/mol. The van der Waals surface area contributed by atoms with E-state index >= 15 is 0 Å². The molecule has 0 saturated carbocycles. The third-order valence-electron chi connectivity index (χ3n) is 4.21. The SMILES string of the molecule is O=C(/C=C/c1ccc(C(F)(F)F)cc1)NCC(=O)N1CCc2nc[nH]c2C1. The molecular formula is C18H17F3N4O2. The first-order chi connectivity index (χ1) is 12.8. The van der Waals surface area contributed by atoms with Crippen molar-refractivity contribution < 1.29 is 22.8 Å². The van der Waals surface area contributed by atoms with Gasteiger partial charge in [-0.1, -0.05) is 12.1 Å². The van der Waals surface area contributed by atoms with Crippen molar-refractivity contribution in [3.05, 3.63) is 59.2 Å². The van der Waals surface area contributed by atoms with Gasteiger partial charge >= 0.3 is 6.18 Å². The Bertz CT molecular complexity index is 856. The summed E-state index contributed by atoms with van der Waals surface area (Å²) in [6.45, 7) is 0.805. The van der Waals surface area contributed by atoms with E-state index in [-0.39, 0.29) is 12.5 Å². The van der Waals surface area contributed by atoms with Gasteiger partial charge in [-0.15, -0.1) is 0 Å². The zero-order valence-corrected chi connectivity index (χ0v) is 14.2. The Morgan fingerprint density at radius 1 is 1.26 bits per heavy atom. The second kappa shape index (κ2) is 7.65. The molecule has 2 N–H and O–H groups in total. The third kappa shape index (κ3) is 4.75. The van der Waals surface area contributed by atoms with Crippen LogP contribution in [0.4, 0.5) is 13.2 Å². The summed E-state index contributed by atoms with van der Waals surface area (Å²) in [6, 6.07) is 4.43. The van der Waals surface area contributed by atoms with Gasteiger partial charge in [-0.2, -0.15) is 13.2 Å². The van der Waals surface area contributed by atoms with E-state index in [4.69, 9.17) is 0 Å². The molecule has 0 saturated heterocycles. The minimum Gasteiger partial charge on any atom is -0.347 e. The Morgan fingerprint density at radius 3 is 2.70 bits per heavy atom.